The molecule has 2 aliphatic rings. The van der Waals surface area contributed by atoms with E-state index in [1.165, 1.54) is 42.5 Å². The van der Waals surface area contributed by atoms with Gasteiger partial charge in [0.1, 0.15) is 55.4 Å². The molecule has 45 heavy (non-hydrogen) atoms. The molecule has 2 aromatic carbocycles. The molecule has 0 radical (unpaired) electrons. The van der Waals surface area contributed by atoms with Crippen LogP contribution >= 0.6 is 0 Å². The highest BCUT2D eigenvalue weighted by atomic mass is 16.7. The maximum Gasteiger partial charge on any atom is 0.330 e. The molecule has 0 amide bonds. The van der Waals surface area contributed by atoms with E-state index < -0.39 is 86.3 Å². The summed E-state index contributed by atoms with van der Waals surface area (Å²) < 4.78 is 27.5. The lowest BCUT2D eigenvalue weighted by Crippen LogP contribution is -2.65. The average molecular weight is 641 g/mol. The molecule has 10 atom stereocenters. The van der Waals surface area contributed by atoms with Crippen LogP contribution in [0.15, 0.2) is 42.5 Å². The summed E-state index contributed by atoms with van der Waals surface area (Å²) in [7, 11) is 0. The number of rotatable bonds is 11. The van der Waals surface area contributed by atoms with E-state index in [1.807, 2.05) is 0 Å². The summed E-state index contributed by atoms with van der Waals surface area (Å²) in [6, 6.07) is 7.97. The fraction of sp³-hybridized carbons (Fsp3) is 0.483. The first-order chi connectivity index (χ1) is 21.4. The average Bonchev–Trinajstić information content (AvgIpc) is 3.01. The van der Waals surface area contributed by atoms with Gasteiger partial charge >= 0.3 is 5.97 Å². The molecule has 2 heterocycles. The van der Waals surface area contributed by atoms with Crippen molar-refractivity contribution in [2.45, 2.75) is 67.8 Å². The third-order valence-corrected chi connectivity index (χ3v) is 7.30. The maximum atomic E-state index is 12.4. The quantitative estimate of drug-likeness (QED) is 0.0720. The molecule has 248 valence electrons. The highest BCUT2D eigenvalue weighted by Gasteiger charge is 2.51. The molecule has 10 N–H and O–H groups in total. The summed E-state index contributed by atoms with van der Waals surface area (Å²) >= 11 is 0. The van der Waals surface area contributed by atoms with Gasteiger partial charge in [0.05, 0.1) is 13.2 Å². The van der Waals surface area contributed by atoms with Crippen LogP contribution in [-0.2, 0) is 34.9 Å². The number of hydrogen-bond acceptors (Lipinski definition) is 16. The molecule has 0 spiro atoms. The normalized spacial score (nSPS) is 32.0. The zero-order chi connectivity index (χ0) is 32.8. The Labute approximate surface area is 256 Å². The van der Waals surface area contributed by atoms with Crippen LogP contribution in [0.4, 0.5) is 0 Å². The summed E-state index contributed by atoms with van der Waals surface area (Å²) in [4.78, 5) is 12.4. The SMILES string of the molecule is O=C(/C=C/c1ccc(O)c(O)c1)OC[C@H]1O[C@@H](OCCc2ccc(O)c(O)c2)[C@H](O)[C@@H](O[C@H]2O[C@H](CO)[C@@H](O)[C@@H](O)[C@H]2O)[C@@H]1O. The Morgan fingerprint density at radius 1 is 0.756 bits per heavy atom. The first kappa shape index (κ1) is 34.3. The van der Waals surface area contributed by atoms with E-state index in [9.17, 15) is 55.9 Å². The second kappa shape index (κ2) is 15.2. The summed E-state index contributed by atoms with van der Waals surface area (Å²) in [5.41, 5.74) is 0.923. The molecule has 16 nitrogen and oxygen atoms in total. The van der Waals surface area contributed by atoms with Crippen LogP contribution in [0.3, 0.4) is 0 Å². The van der Waals surface area contributed by atoms with Gasteiger partial charge < -0.3 is 74.7 Å². The number of carbonyl (C=O) groups is 1. The van der Waals surface area contributed by atoms with Crippen LogP contribution in [0.5, 0.6) is 23.0 Å². The number of phenolic OH excluding ortho intramolecular Hbond substituents is 4. The van der Waals surface area contributed by atoms with E-state index >= 15 is 0 Å². The number of aliphatic hydroxyl groups excluding tert-OH is 6. The van der Waals surface area contributed by atoms with Crippen molar-refractivity contribution in [3.8, 4) is 23.0 Å². The summed E-state index contributed by atoms with van der Waals surface area (Å²) in [6.07, 6.45) is -13.9. The van der Waals surface area contributed by atoms with Crippen molar-refractivity contribution in [3.63, 3.8) is 0 Å². The molecule has 0 aliphatic carbocycles. The lowest BCUT2D eigenvalue weighted by Gasteiger charge is -2.46. The van der Waals surface area contributed by atoms with Gasteiger partial charge in [-0.3, -0.25) is 0 Å². The van der Waals surface area contributed by atoms with Crippen LogP contribution in [0.2, 0.25) is 0 Å². The minimum atomic E-state index is -1.85. The Morgan fingerprint density at radius 2 is 1.42 bits per heavy atom. The monoisotopic (exact) mass is 640 g/mol. The van der Waals surface area contributed by atoms with Crippen molar-refractivity contribution in [1.82, 2.24) is 0 Å². The van der Waals surface area contributed by atoms with Crippen molar-refractivity contribution >= 4 is 12.0 Å². The summed E-state index contributed by atoms with van der Waals surface area (Å²) in [5.74, 6) is -2.31. The Hall–Kier alpha value is -3.55. The highest BCUT2D eigenvalue weighted by molar-refractivity contribution is 5.87. The molecule has 16 heteroatoms. The number of carbonyl (C=O) groups excluding carboxylic acids is 1. The molecule has 0 unspecified atom stereocenters. The molecule has 2 saturated heterocycles. The van der Waals surface area contributed by atoms with Crippen molar-refractivity contribution in [3.05, 3.63) is 53.6 Å². The summed E-state index contributed by atoms with van der Waals surface area (Å²) in [6.45, 7) is -1.44. The molecule has 0 saturated carbocycles. The highest BCUT2D eigenvalue weighted by Crippen LogP contribution is 2.31. The van der Waals surface area contributed by atoms with Crippen LogP contribution in [0.1, 0.15) is 11.1 Å². The van der Waals surface area contributed by atoms with Gasteiger partial charge in [0.15, 0.2) is 35.6 Å². The number of esters is 1. The fourth-order valence-electron chi connectivity index (χ4n) is 4.71. The molecule has 0 bridgehead atoms. The molecular weight excluding hydrogens is 604 g/mol. The van der Waals surface area contributed by atoms with Gasteiger partial charge in [-0.05, 0) is 47.9 Å². The Balaban J connectivity index is 1.45. The number of aliphatic hydroxyl groups is 6. The van der Waals surface area contributed by atoms with Crippen molar-refractivity contribution in [1.29, 1.82) is 0 Å². The zero-order valence-electron chi connectivity index (χ0n) is 23.6. The number of benzene rings is 2. The van der Waals surface area contributed by atoms with E-state index in [4.69, 9.17) is 23.7 Å². The maximum absolute atomic E-state index is 12.4. The molecule has 2 fully saturated rings. The number of aromatic hydroxyl groups is 4. The predicted molar refractivity (Wildman–Crippen MR) is 149 cm³/mol. The van der Waals surface area contributed by atoms with Crippen LogP contribution in [0.25, 0.3) is 6.08 Å². The zero-order valence-corrected chi connectivity index (χ0v) is 23.6. The smallest absolute Gasteiger partial charge is 0.330 e. The predicted octanol–water partition coefficient (Wildman–Crippen LogP) is -2.04. The van der Waals surface area contributed by atoms with Gasteiger partial charge in [0.2, 0.25) is 0 Å². The number of phenols is 4. The first-order valence-corrected chi connectivity index (χ1v) is 13.9. The minimum Gasteiger partial charge on any atom is -0.504 e. The van der Waals surface area contributed by atoms with E-state index in [2.05, 4.69) is 0 Å². The van der Waals surface area contributed by atoms with E-state index in [1.54, 1.807) is 0 Å². The molecule has 2 aromatic rings. The Morgan fingerprint density at radius 3 is 2.09 bits per heavy atom. The second-order valence-corrected chi connectivity index (χ2v) is 10.5. The number of hydrogen-bond donors (Lipinski definition) is 10. The molecule has 2 aliphatic heterocycles. The van der Waals surface area contributed by atoms with Crippen LogP contribution in [-0.4, -0.2) is 138 Å². The second-order valence-electron chi connectivity index (χ2n) is 10.5. The van der Waals surface area contributed by atoms with Gasteiger partial charge in [-0.1, -0.05) is 12.1 Å². The van der Waals surface area contributed by atoms with Gasteiger partial charge in [-0.15, -0.1) is 0 Å². The Kier molecular flexibility index (Phi) is 11.6. The molecule has 0 aromatic heterocycles. The van der Waals surface area contributed by atoms with Crippen molar-refractivity contribution in [2.75, 3.05) is 19.8 Å². The summed E-state index contributed by atoms with van der Waals surface area (Å²) in [5, 5.41) is 100. The van der Waals surface area contributed by atoms with Gasteiger partial charge in [0, 0.05) is 6.08 Å². The Bertz CT molecular complexity index is 1320. The molecule has 4 rings (SSSR count). The third kappa shape index (κ3) is 8.39. The standard InChI is InChI=1S/C29H36O16/c30-11-19-22(36)24(38)25(39)29(43-19)45-27-23(37)20(12-42-21(35)6-3-13-1-4-15(31)17(33)9-13)44-28(26(27)40)41-8-7-14-2-5-16(32)18(34)10-14/h1-6,9-10,19-20,22-34,36-40H,7-8,11-12H2/b6-3+/t19-,20-,22-,23-,24-,25-,26-,27+,28-,29-/m1/s1. The van der Waals surface area contributed by atoms with E-state index in [-0.39, 0.29) is 30.3 Å². The van der Waals surface area contributed by atoms with E-state index in [0.29, 0.717) is 11.1 Å². The van der Waals surface area contributed by atoms with Gasteiger partial charge in [0.25, 0.3) is 0 Å². The topological polar surface area (TPSA) is 266 Å². The van der Waals surface area contributed by atoms with Gasteiger partial charge in [-0.2, -0.15) is 0 Å². The lowest BCUT2D eigenvalue weighted by atomic mass is 9.97. The fourth-order valence-corrected chi connectivity index (χ4v) is 4.71. The molecular formula is C29H36O16. The van der Waals surface area contributed by atoms with E-state index in [0.717, 1.165) is 6.08 Å². The van der Waals surface area contributed by atoms with Gasteiger partial charge in [-0.25, -0.2) is 4.79 Å². The van der Waals surface area contributed by atoms with Crippen LogP contribution in [0, 0.1) is 0 Å². The lowest BCUT2D eigenvalue weighted by molar-refractivity contribution is -0.360. The minimum absolute atomic E-state index is 0.108. The first-order valence-electron chi connectivity index (χ1n) is 13.9. The largest absolute Gasteiger partial charge is 0.504 e. The van der Waals surface area contributed by atoms with Crippen molar-refractivity contribution < 1.29 is 79.5 Å². The number of ether oxygens (including phenoxy) is 5. The van der Waals surface area contributed by atoms with Crippen LogP contribution < -0.4 is 0 Å². The third-order valence-electron chi connectivity index (χ3n) is 7.30. The van der Waals surface area contributed by atoms with Crippen molar-refractivity contribution in [2.24, 2.45) is 0 Å².